The summed E-state index contributed by atoms with van der Waals surface area (Å²) in [6, 6.07) is 6.04. The Kier molecular flexibility index (Phi) is 4.65. The molecule has 0 saturated heterocycles. The van der Waals surface area contributed by atoms with Gasteiger partial charge in [-0.1, -0.05) is 12.1 Å². The summed E-state index contributed by atoms with van der Waals surface area (Å²) in [5, 5.41) is 3.17. The van der Waals surface area contributed by atoms with Gasteiger partial charge in [0.05, 0.1) is 5.75 Å². The number of hydrogen-bond donors (Lipinski definition) is 1. The largest absolute Gasteiger partial charge is 0.307 e. The highest BCUT2D eigenvalue weighted by Gasteiger charge is 2.13. The van der Waals surface area contributed by atoms with Crippen LogP contribution in [0.15, 0.2) is 24.3 Å². The molecule has 0 saturated carbocycles. The highest BCUT2D eigenvalue weighted by Crippen LogP contribution is 2.13. The molecule has 0 heterocycles. The Balaban J connectivity index is 2.60. The molecule has 0 bridgehead atoms. The summed E-state index contributed by atoms with van der Waals surface area (Å²) in [6.45, 7) is 3.74. The van der Waals surface area contributed by atoms with E-state index in [4.69, 9.17) is 0 Å². The number of hydrogen-bond acceptors (Lipinski definition) is 3. The van der Waals surface area contributed by atoms with Crippen molar-refractivity contribution < 1.29 is 12.8 Å². The molecular formula is C12H18FNO2S. The van der Waals surface area contributed by atoms with Gasteiger partial charge in [0.2, 0.25) is 0 Å². The first-order chi connectivity index (χ1) is 7.78. The Morgan fingerprint density at radius 2 is 1.76 bits per heavy atom. The first-order valence-electron chi connectivity index (χ1n) is 5.47. The van der Waals surface area contributed by atoms with E-state index in [0.29, 0.717) is 0 Å². The van der Waals surface area contributed by atoms with E-state index < -0.39 is 9.84 Å². The fourth-order valence-electron chi connectivity index (χ4n) is 1.78. The number of halogens is 1. The van der Waals surface area contributed by atoms with Crippen LogP contribution in [0.1, 0.15) is 25.5 Å². The van der Waals surface area contributed by atoms with Gasteiger partial charge >= 0.3 is 0 Å². The second kappa shape index (κ2) is 5.60. The Hall–Kier alpha value is -0.940. The molecule has 0 aliphatic rings. The molecule has 0 aliphatic heterocycles. The maximum absolute atomic E-state index is 12.7. The Labute approximate surface area is 102 Å². The summed E-state index contributed by atoms with van der Waals surface area (Å²) < 4.78 is 35.0. The summed E-state index contributed by atoms with van der Waals surface area (Å²) in [5.41, 5.74) is 0.937. The molecule has 1 aromatic rings. The third-order valence-electron chi connectivity index (χ3n) is 2.46. The van der Waals surface area contributed by atoms with Crippen LogP contribution >= 0.6 is 0 Å². The second-order valence-electron chi connectivity index (χ2n) is 4.43. The molecule has 0 spiro atoms. The van der Waals surface area contributed by atoms with Crippen molar-refractivity contribution in [2.45, 2.75) is 25.9 Å². The highest BCUT2D eigenvalue weighted by molar-refractivity contribution is 7.90. The molecule has 17 heavy (non-hydrogen) atoms. The second-order valence-corrected chi connectivity index (χ2v) is 6.62. The molecule has 2 atom stereocenters. The molecule has 1 N–H and O–H groups in total. The van der Waals surface area contributed by atoms with Crippen LogP contribution in [0.3, 0.4) is 0 Å². The molecule has 1 aromatic carbocycles. The summed E-state index contributed by atoms with van der Waals surface area (Å²) in [5.74, 6) is -0.177. The van der Waals surface area contributed by atoms with Crippen molar-refractivity contribution in [3.63, 3.8) is 0 Å². The normalized spacial score (nSPS) is 15.5. The molecule has 5 heteroatoms. The van der Waals surface area contributed by atoms with Gasteiger partial charge in [-0.2, -0.15) is 0 Å². The third-order valence-corrected chi connectivity index (χ3v) is 3.56. The van der Waals surface area contributed by atoms with Gasteiger partial charge in [-0.05, 0) is 31.5 Å². The van der Waals surface area contributed by atoms with E-state index in [1.54, 1.807) is 12.1 Å². The quantitative estimate of drug-likeness (QED) is 0.878. The molecule has 0 amide bonds. The van der Waals surface area contributed by atoms with Crippen molar-refractivity contribution >= 4 is 9.84 Å². The van der Waals surface area contributed by atoms with Crippen LogP contribution in [0, 0.1) is 5.82 Å². The SMILES string of the molecule is CC(CS(C)(=O)=O)N[C@H](C)c1ccc(F)cc1. The lowest BCUT2D eigenvalue weighted by Crippen LogP contribution is -2.34. The molecule has 0 aromatic heterocycles. The van der Waals surface area contributed by atoms with Gasteiger partial charge in [-0.3, -0.25) is 0 Å². The molecular weight excluding hydrogens is 241 g/mol. The third kappa shape index (κ3) is 5.28. The summed E-state index contributed by atoms with van der Waals surface area (Å²) in [6.07, 6.45) is 1.22. The van der Waals surface area contributed by atoms with Crippen molar-refractivity contribution in [2.24, 2.45) is 0 Å². The molecule has 3 nitrogen and oxygen atoms in total. The average Bonchev–Trinajstić information content (AvgIpc) is 2.15. The van der Waals surface area contributed by atoms with Gasteiger partial charge in [0.15, 0.2) is 0 Å². The van der Waals surface area contributed by atoms with E-state index in [1.165, 1.54) is 18.4 Å². The highest BCUT2D eigenvalue weighted by atomic mass is 32.2. The van der Waals surface area contributed by atoms with Gasteiger partial charge in [0.1, 0.15) is 15.7 Å². The van der Waals surface area contributed by atoms with Crippen LogP contribution in [0.4, 0.5) is 4.39 Å². The fourth-order valence-corrected chi connectivity index (χ4v) is 2.78. The van der Waals surface area contributed by atoms with E-state index in [0.717, 1.165) is 5.56 Å². The predicted octanol–water partition coefficient (Wildman–Crippen LogP) is 1.91. The van der Waals surface area contributed by atoms with Crippen LogP contribution in [0.2, 0.25) is 0 Å². The van der Waals surface area contributed by atoms with Gasteiger partial charge in [0.25, 0.3) is 0 Å². The molecule has 0 radical (unpaired) electrons. The smallest absolute Gasteiger partial charge is 0.148 e. The number of sulfone groups is 1. The molecule has 1 unspecified atom stereocenters. The van der Waals surface area contributed by atoms with Crippen LogP contribution in [-0.2, 0) is 9.84 Å². The molecule has 0 fully saturated rings. The summed E-state index contributed by atoms with van der Waals surface area (Å²) >= 11 is 0. The van der Waals surface area contributed by atoms with Crippen molar-refractivity contribution in [1.82, 2.24) is 5.32 Å². The number of benzene rings is 1. The zero-order chi connectivity index (χ0) is 13.1. The average molecular weight is 259 g/mol. The van der Waals surface area contributed by atoms with E-state index in [9.17, 15) is 12.8 Å². The van der Waals surface area contributed by atoms with Crippen LogP contribution < -0.4 is 5.32 Å². The van der Waals surface area contributed by atoms with Crippen molar-refractivity contribution in [2.75, 3.05) is 12.0 Å². The summed E-state index contributed by atoms with van der Waals surface area (Å²) in [4.78, 5) is 0. The minimum Gasteiger partial charge on any atom is -0.307 e. The topological polar surface area (TPSA) is 46.2 Å². The number of nitrogens with one attached hydrogen (secondary N) is 1. The molecule has 96 valence electrons. The van der Waals surface area contributed by atoms with Crippen LogP contribution in [-0.4, -0.2) is 26.5 Å². The number of rotatable bonds is 5. The maximum Gasteiger partial charge on any atom is 0.148 e. The first-order valence-corrected chi connectivity index (χ1v) is 7.53. The van der Waals surface area contributed by atoms with Gasteiger partial charge < -0.3 is 5.32 Å². The van der Waals surface area contributed by atoms with Crippen LogP contribution in [0.5, 0.6) is 0 Å². The minimum absolute atomic E-state index is 0.00708. The minimum atomic E-state index is -2.98. The van der Waals surface area contributed by atoms with Crippen molar-refractivity contribution in [3.8, 4) is 0 Å². The predicted molar refractivity (Wildman–Crippen MR) is 67.1 cm³/mol. The van der Waals surface area contributed by atoms with Gasteiger partial charge in [-0.15, -0.1) is 0 Å². The maximum atomic E-state index is 12.7. The fraction of sp³-hybridized carbons (Fsp3) is 0.500. The zero-order valence-electron chi connectivity index (χ0n) is 10.3. The Morgan fingerprint density at radius 3 is 2.24 bits per heavy atom. The monoisotopic (exact) mass is 259 g/mol. The lowest BCUT2D eigenvalue weighted by atomic mass is 10.1. The standard InChI is InChI=1S/C12H18FNO2S/c1-9(8-17(3,15)16)14-10(2)11-4-6-12(13)7-5-11/h4-7,9-10,14H,8H2,1-3H3/t9?,10-/m1/s1. The Bertz CT molecular complexity index is 456. The van der Waals surface area contributed by atoms with Crippen molar-refractivity contribution in [1.29, 1.82) is 0 Å². The van der Waals surface area contributed by atoms with E-state index >= 15 is 0 Å². The van der Waals surface area contributed by atoms with E-state index in [1.807, 2.05) is 13.8 Å². The van der Waals surface area contributed by atoms with E-state index in [2.05, 4.69) is 5.32 Å². The van der Waals surface area contributed by atoms with Crippen molar-refractivity contribution in [3.05, 3.63) is 35.6 Å². The lowest BCUT2D eigenvalue weighted by Gasteiger charge is -2.19. The summed E-state index contributed by atoms with van der Waals surface area (Å²) in [7, 11) is -2.98. The Morgan fingerprint density at radius 1 is 1.24 bits per heavy atom. The lowest BCUT2D eigenvalue weighted by molar-refractivity contribution is 0.500. The first kappa shape index (κ1) is 14.1. The molecule has 0 aliphatic carbocycles. The van der Waals surface area contributed by atoms with Crippen LogP contribution in [0.25, 0.3) is 0 Å². The molecule has 1 rings (SSSR count). The zero-order valence-corrected chi connectivity index (χ0v) is 11.1. The van der Waals surface area contributed by atoms with E-state index in [-0.39, 0.29) is 23.7 Å². The van der Waals surface area contributed by atoms with Gasteiger partial charge in [0, 0.05) is 18.3 Å². The van der Waals surface area contributed by atoms with Gasteiger partial charge in [-0.25, -0.2) is 12.8 Å².